The Hall–Kier alpha value is -1.15. The molecule has 0 aliphatic heterocycles. The van der Waals surface area contributed by atoms with Crippen LogP contribution in [0.1, 0.15) is 24.8 Å². The topological polar surface area (TPSA) is 20.3 Å². The standard InChI is InChI=1S/C15H21NO/c1-16(11-14-8-5-9-14)12-15(17)10-13-6-3-2-4-7-13/h2-4,6-7,14H,5,8-12H2,1H3. The molecule has 0 unspecified atom stereocenters. The smallest absolute Gasteiger partial charge is 0.151 e. The first-order valence-corrected chi connectivity index (χ1v) is 6.48. The summed E-state index contributed by atoms with van der Waals surface area (Å²) in [5.41, 5.74) is 1.12. The molecule has 17 heavy (non-hydrogen) atoms. The Bertz CT molecular complexity index is 356. The van der Waals surface area contributed by atoms with Gasteiger partial charge in [-0.2, -0.15) is 0 Å². The summed E-state index contributed by atoms with van der Waals surface area (Å²) in [6.07, 6.45) is 4.63. The Morgan fingerprint density at radius 1 is 1.29 bits per heavy atom. The van der Waals surface area contributed by atoms with Gasteiger partial charge in [0.2, 0.25) is 0 Å². The number of benzene rings is 1. The van der Waals surface area contributed by atoms with Crippen LogP contribution in [0, 0.1) is 5.92 Å². The maximum atomic E-state index is 11.9. The molecular weight excluding hydrogens is 210 g/mol. The summed E-state index contributed by atoms with van der Waals surface area (Å²) in [4.78, 5) is 14.0. The number of Topliss-reactive ketones (excluding diaryl/α,β-unsaturated/α-hetero) is 1. The van der Waals surface area contributed by atoms with Gasteiger partial charge in [-0.15, -0.1) is 0 Å². The van der Waals surface area contributed by atoms with Crippen molar-refractivity contribution in [2.24, 2.45) is 5.92 Å². The number of nitrogens with zero attached hydrogens (tertiary/aromatic N) is 1. The summed E-state index contributed by atoms with van der Waals surface area (Å²) in [7, 11) is 2.06. The van der Waals surface area contributed by atoms with Crippen molar-refractivity contribution >= 4 is 5.78 Å². The van der Waals surface area contributed by atoms with Gasteiger partial charge in [-0.05, 0) is 31.4 Å². The van der Waals surface area contributed by atoms with Crippen molar-refractivity contribution in [2.75, 3.05) is 20.1 Å². The van der Waals surface area contributed by atoms with Crippen LogP contribution in [0.25, 0.3) is 0 Å². The predicted octanol–water partition coefficient (Wildman–Crippen LogP) is 2.53. The molecule has 1 fully saturated rings. The summed E-state index contributed by atoms with van der Waals surface area (Å²) in [5.74, 6) is 1.16. The SMILES string of the molecule is CN(CC(=O)Cc1ccccc1)CC1CCC1. The molecule has 2 heteroatoms. The molecule has 1 aromatic carbocycles. The number of hydrogen-bond acceptors (Lipinski definition) is 2. The first kappa shape index (κ1) is 12.3. The van der Waals surface area contributed by atoms with Gasteiger partial charge >= 0.3 is 0 Å². The molecular formula is C15H21NO. The molecule has 1 saturated carbocycles. The summed E-state index contributed by atoms with van der Waals surface area (Å²) >= 11 is 0. The first-order chi connectivity index (χ1) is 8.24. The molecule has 0 radical (unpaired) electrons. The van der Waals surface area contributed by atoms with E-state index in [4.69, 9.17) is 0 Å². The fraction of sp³-hybridized carbons (Fsp3) is 0.533. The van der Waals surface area contributed by atoms with Crippen molar-refractivity contribution in [1.29, 1.82) is 0 Å². The Kier molecular flexibility index (Phi) is 4.32. The molecule has 0 atom stereocenters. The van der Waals surface area contributed by atoms with Gasteiger partial charge in [0, 0.05) is 13.0 Å². The zero-order chi connectivity index (χ0) is 12.1. The van der Waals surface area contributed by atoms with Crippen molar-refractivity contribution in [2.45, 2.75) is 25.7 Å². The summed E-state index contributed by atoms with van der Waals surface area (Å²) in [6, 6.07) is 9.99. The molecule has 1 aromatic rings. The third kappa shape index (κ3) is 3.97. The van der Waals surface area contributed by atoms with Gasteiger partial charge in [-0.3, -0.25) is 9.69 Å². The van der Waals surface area contributed by atoms with E-state index in [2.05, 4.69) is 11.9 Å². The van der Waals surface area contributed by atoms with Crippen LogP contribution in [-0.2, 0) is 11.2 Å². The molecule has 0 amide bonds. The van der Waals surface area contributed by atoms with Crippen LogP contribution in [0.2, 0.25) is 0 Å². The quantitative estimate of drug-likeness (QED) is 0.750. The second kappa shape index (κ2) is 5.97. The van der Waals surface area contributed by atoms with Gasteiger partial charge in [0.25, 0.3) is 0 Å². The minimum atomic E-state index is 0.318. The lowest BCUT2D eigenvalue weighted by Crippen LogP contribution is -2.33. The Labute approximate surface area is 104 Å². The Balaban J connectivity index is 1.72. The highest BCUT2D eigenvalue weighted by Crippen LogP contribution is 2.26. The van der Waals surface area contributed by atoms with E-state index in [1.54, 1.807) is 0 Å². The highest BCUT2D eigenvalue weighted by molar-refractivity contribution is 5.82. The number of rotatable bonds is 6. The summed E-state index contributed by atoms with van der Waals surface area (Å²) in [5, 5.41) is 0. The highest BCUT2D eigenvalue weighted by atomic mass is 16.1. The second-order valence-corrected chi connectivity index (χ2v) is 5.19. The molecule has 0 aromatic heterocycles. The van der Waals surface area contributed by atoms with E-state index in [9.17, 15) is 4.79 Å². The average molecular weight is 231 g/mol. The van der Waals surface area contributed by atoms with E-state index in [1.165, 1.54) is 19.3 Å². The van der Waals surface area contributed by atoms with Gasteiger partial charge in [0.1, 0.15) is 0 Å². The lowest BCUT2D eigenvalue weighted by Gasteiger charge is -2.29. The van der Waals surface area contributed by atoms with E-state index in [0.29, 0.717) is 18.7 Å². The van der Waals surface area contributed by atoms with Crippen LogP contribution in [0.5, 0.6) is 0 Å². The highest BCUT2D eigenvalue weighted by Gasteiger charge is 2.19. The van der Waals surface area contributed by atoms with Crippen LogP contribution in [0.4, 0.5) is 0 Å². The van der Waals surface area contributed by atoms with E-state index in [0.717, 1.165) is 18.0 Å². The van der Waals surface area contributed by atoms with Crippen LogP contribution in [0.15, 0.2) is 30.3 Å². The number of ketones is 1. The van der Waals surface area contributed by atoms with E-state index in [1.807, 2.05) is 30.3 Å². The number of carbonyl (C=O) groups is 1. The normalized spacial score (nSPS) is 15.9. The zero-order valence-electron chi connectivity index (χ0n) is 10.6. The number of hydrogen-bond donors (Lipinski definition) is 0. The van der Waals surface area contributed by atoms with Crippen LogP contribution >= 0.6 is 0 Å². The summed E-state index contributed by atoms with van der Waals surface area (Å²) < 4.78 is 0. The van der Waals surface area contributed by atoms with Crippen molar-refractivity contribution in [3.63, 3.8) is 0 Å². The van der Waals surface area contributed by atoms with Crippen molar-refractivity contribution in [3.05, 3.63) is 35.9 Å². The van der Waals surface area contributed by atoms with Gasteiger partial charge in [0.15, 0.2) is 5.78 Å². The van der Waals surface area contributed by atoms with Crippen molar-refractivity contribution in [1.82, 2.24) is 4.90 Å². The van der Waals surface area contributed by atoms with Crippen molar-refractivity contribution in [3.8, 4) is 0 Å². The van der Waals surface area contributed by atoms with E-state index < -0.39 is 0 Å². The maximum absolute atomic E-state index is 11.9. The van der Waals surface area contributed by atoms with Crippen molar-refractivity contribution < 1.29 is 4.79 Å². The van der Waals surface area contributed by atoms with Crippen LogP contribution in [0.3, 0.4) is 0 Å². The van der Waals surface area contributed by atoms with Crippen LogP contribution in [-0.4, -0.2) is 30.8 Å². The minimum absolute atomic E-state index is 0.318. The van der Waals surface area contributed by atoms with Gasteiger partial charge in [0.05, 0.1) is 6.54 Å². The fourth-order valence-electron chi connectivity index (χ4n) is 2.36. The largest absolute Gasteiger partial charge is 0.299 e. The zero-order valence-corrected chi connectivity index (χ0v) is 10.6. The maximum Gasteiger partial charge on any atom is 0.151 e. The molecule has 92 valence electrons. The molecule has 2 nitrogen and oxygen atoms in total. The second-order valence-electron chi connectivity index (χ2n) is 5.19. The molecule has 0 saturated heterocycles. The van der Waals surface area contributed by atoms with Gasteiger partial charge < -0.3 is 0 Å². The molecule has 1 aliphatic rings. The molecule has 0 spiro atoms. The Morgan fingerprint density at radius 3 is 2.59 bits per heavy atom. The molecule has 0 bridgehead atoms. The van der Waals surface area contributed by atoms with E-state index in [-0.39, 0.29) is 0 Å². The number of carbonyl (C=O) groups excluding carboxylic acids is 1. The lowest BCUT2D eigenvalue weighted by atomic mass is 9.85. The third-order valence-corrected chi connectivity index (χ3v) is 3.49. The van der Waals surface area contributed by atoms with Gasteiger partial charge in [-0.1, -0.05) is 36.8 Å². The molecule has 0 heterocycles. The van der Waals surface area contributed by atoms with Crippen LogP contribution < -0.4 is 0 Å². The fourth-order valence-corrected chi connectivity index (χ4v) is 2.36. The average Bonchev–Trinajstić information content (AvgIpc) is 2.25. The summed E-state index contributed by atoms with van der Waals surface area (Å²) in [6.45, 7) is 1.67. The third-order valence-electron chi connectivity index (χ3n) is 3.49. The first-order valence-electron chi connectivity index (χ1n) is 6.48. The van der Waals surface area contributed by atoms with Gasteiger partial charge in [-0.25, -0.2) is 0 Å². The minimum Gasteiger partial charge on any atom is -0.299 e. The molecule has 1 aliphatic carbocycles. The predicted molar refractivity (Wildman–Crippen MR) is 70.0 cm³/mol. The lowest BCUT2D eigenvalue weighted by molar-refractivity contribution is -0.119. The Morgan fingerprint density at radius 2 is 2.00 bits per heavy atom. The monoisotopic (exact) mass is 231 g/mol. The molecule has 0 N–H and O–H groups in total. The number of likely N-dealkylation sites (N-methyl/N-ethyl adjacent to an activating group) is 1. The molecule has 2 rings (SSSR count). The van der Waals surface area contributed by atoms with E-state index >= 15 is 0 Å².